The standard InChI is InChI=1S/C21H24N2O5S3/c1-21(24,20-14-16-6-2-3-7-19(16)29-20)15-22-31(27,28)18-10-8-17(9-11-18)23-12-4-5-13-30(23,25)26/h2-3,6-11,14,22,24H,4-5,12-13,15H2,1H3. The van der Waals surface area contributed by atoms with Crippen LogP contribution >= 0.6 is 11.3 Å². The van der Waals surface area contributed by atoms with Crippen LogP contribution in [-0.4, -0.2) is 40.8 Å². The van der Waals surface area contributed by atoms with Crippen molar-refractivity contribution in [3.8, 4) is 0 Å². The Labute approximate surface area is 186 Å². The third-order valence-electron chi connectivity index (χ3n) is 5.35. The summed E-state index contributed by atoms with van der Waals surface area (Å²) in [5, 5.41) is 11.9. The van der Waals surface area contributed by atoms with Crippen molar-refractivity contribution in [2.24, 2.45) is 0 Å². The number of thiophene rings is 1. The van der Waals surface area contributed by atoms with Gasteiger partial charge in [0.05, 0.1) is 16.3 Å². The number of hydrogen-bond donors (Lipinski definition) is 2. The van der Waals surface area contributed by atoms with E-state index in [1.54, 1.807) is 6.92 Å². The maximum Gasteiger partial charge on any atom is 0.240 e. The summed E-state index contributed by atoms with van der Waals surface area (Å²) in [6.07, 6.45) is 1.41. The van der Waals surface area contributed by atoms with Gasteiger partial charge < -0.3 is 5.11 Å². The van der Waals surface area contributed by atoms with Gasteiger partial charge in [-0.1, -0.05) is 18.2 Å². The lowest BCUT2D eigenvalue weighted by atomic mass is 10.1. The molecule has 3 aromatic rings. The van der Waals surface area contributed by atoms with Gasteiger partial charge in [-0.3, -0.25) is 4.31 Å². The molecule has 0 amide bonds. The van der Waals surface area contributed by atoms with E-state index in [9.17, 15) is 21.9 Å². The Morgan fingerprint density at radius 1 is 1.13 bits per heavy atom. The summed E-state index contributed by atoms with van der Waals surface area (Å²) in [5.74, 6) is 0.0986. The number of rotatable bonds is 6. The third-order valence-corrected chi connectivity index (χ3v) is 10.0. The van der Waals surface area contributed by atoms with Crippen molar-refractivity contribution in [1.29, 1.82) is 0 Å². The van der Waals surface area contributed by atoms with Crippen molar-refractivity contribution < 1.29 is 21.9 Å². The summed E-state index contributed by atoms with van der Waals surface area (Å²) in [7, 11) is -7.24. The summed E-state index contributed by atoms with van der Waals surface area (Å²) >= 11 is 1.42. The zero-order valence-electron chi connectivity index (χ0n) is 17.0. The number of hydrogen-bond acceptors (Lipinski definition) is 6. The molecule has 2 aromatic carbocycles. The number of aliphatic hydroxyl groups is 1. The molecule has 10 heteroatoms. The van der Waals surface area contributed by atoms with E-state index >= 15 is 0 Å². The molecular weight excluding hydrogens is 456 g/mol. The molecule has 0 spiro atoms. The molecule has 0 aliphatic carbocycles. The van der Waals surface area contributed by atoms with E-state index in [1.165, 1.54) is 39.9 Å². The van der Waals surface area contributed by atoms with Gasteiger partial charge in [0.1, 0.15) is 5.60 Å². The normalized spacial score (nSPS) is 18.7. The first kappa shape index (κ1) is 22.2. The third kappa shape index (κ3) is 4.63. The van der Waals surface area contributed by atoms with Crippen molar-refractivity contribution in [1.82, 2.24) is 4.72 Å². The molecule has 166 valence electrons. The Morgan fingerprint density at radius 3 is 2.52 bits per heavy atom. The fourth-order valence-electron chi connectivity index (χ4n) is 3.52. The van der Waals surface area contributed by atoms with Crippen molar-refractivity contribution in [3.05, 3.63) is 59.5 Å². The van der Waals surface area contributed by atoms with E-state index in [-0.39, 0.29) is 17.2 Å². The van der Waals surface area contributed by atoms with E-state index in [2.05, 4.69) is 4.72 Å². The number of nitrogens with one attached hydrogen (secondary N) is 1. The van der Waals surface area contributed by atoms with Crippen LogP contribution in [0.5, 0.6) is 0 Å². The second-order valence-corrected chi connectivity index (χ2v) is 12.7. The van der Waals surface area contributed by atoms with Gasteiger partial charge in [0.15, 0.2) is 0 Å². The Balaban J connectivity index is 1.49. The molecule has 0 saturated carbocycles. The Morgan fingerprint density at radius 2 is 1.84 bits per heavy atom. The van der Waals surface area contributed by atoms with Crippen LogP contribution in [0.3, 0.4) is 0 Å². The van der Waals surface area contributed by atoms with Gasteiger partial charge in [0.25, 0.3) is 0 Å². The lowest BCUT2D eigenvalue weighted by Crippen LogP contribution is -2.38. The molecule has 2 heterocycles. The van der Waals surface area contributed by atoms with Crippen molar-refractivity contribution in [3.63, 3.8) is 0 Å². The fraction of sp³-hybridized carbons (Fsp3) is 0.333. The Hall–Kier alpha value is -1.98. The van der Waals surface area contributed by atoms with Gasteiger partial charge in [-0.15, -0.1) is 11.3 Å². The van der Waals surface area contributed by atoms with Gasteiger partial charge in [-0.25, -0.2) is 21.6 Å². The van der Waals surface area contributed by atoms with Crippen LogP contribution < -0.4 is 9.03 Å². The minimum absolute atomic E-state index is 0.0119. The molecular formula is C21H24N2O5S3. The van der Waals surface area contributed by atoms with Crippen molar-refractivity contribution in [2.45, 2.75) is 30.3 Å². The number of anilines is 1. The molecule has 1 unspecified atom stereocenters. The average molecular weight is 481 g/mol. The predicted molar refractivity (Wildman–Crippen MR) is 123 cm³/mol. The topological polar surface area (TPSA) is 104 Å². The Kier molecular flexibility index (Phi) is 5.86. The molecule has 7 nitrogen and oxygen atoms in total. The first-order chi connectivity index (χ1) is 14.6. The smallest absolute Gasteiger partial charge is 0.240 e. The van der Waals surface area contributed by atoms with Crippen LogP contribution in [0.15, 0.2) is 59.5 Å². The molecule has 1 fully saturated rings. The van der Waals surface area contributed by atoms with E-state index < -0.39 is 25.6 Å². The molecule has 1 atom stereocenters. The van der Waals surface area contributed by atoms with E-state index in [1.807, 2.05) is 30.3 Å². The first-order valence-corrected chi connectivity index (χ1v) is 13.8. The molecule has 1 saturated heterocycles. The largest absolute Gasteiger partial charge is 0.383 e. The highest BCUT2D eigenvalue weighted by Crippen LogP contribution is 2.33. The van der Waals surface area contributed by atoms with Crippen LogP contribution in [-0.2, 0) is 25.6 Å². The van der Waals surface area contributed by atoms with Gasteiger partial charge >= 0.3 is 0 Å². The minimum atomic E-state index is -3.88. The number of benzene rings is 2. The molecule has 4 rings (SSSR count). The van der Waals surface area contributed by atoms with Crippen LogP contribution in [0.25, 0.3) is 10.1 Å². The number of nitrogens with zero attached hydrogens (tertiary/aromatic N) is 1. The minimum Gasteiger partial charge on any atom is -0.383 e. The fourth-order valence-corrected chi connectivity index (χ4v) is 7.40. The maximum absolute atomic E-state index is 12.7. The highest BCUT2D eigenvalue weighted by atomic mass is 32.2. The van der Waals surface area contributed by atoms with Gasteiger partial charge in [0, 0.05) is 22.7 Å². The molecule has 0 bridgehead atoms. The summed E-state index contributed by atoms with van der Waals surface area (Å²) < 4.78 is 54.8. The highest BCUT2D eigenvalue weighted by molar-refractivity contribution is 7.92. The summed E-state index contributed by atoms with van der Waals surface area (Å²) in [4.78, 5) is 0.680. The second-order valence-electron chi connectivity index (χ2n) is 7.84. The molecule has 0 radical (unpaired) electrons. The SMILES string of the molecule is CC(O)(CNS(=O)(=O)c1ccc(N2CCCCS2(=O)=O)cc1)c1cc2ccccc2s1. The van der Waals surface area contributed by atoms with E-state index in [4.69, 9.17) is 0 Å². The molecule has 2 N–H and O–H groups in total. The van der Waals surface area contributed by atoms with Crippen LogP contribution in [0.2, 0.25) is 0 Å². The zero-order chi connectivity index (χ0) is 22.3. The lowest BCUT2D eigenvalue weighted by Gasteiger charge is -2.28. The number of fused-ring (bicyclic) bond motifs is 1. The van der Waals surface area contributed by atoms with Gasteiger partial charge in [-0.05, 0) is 61.5 Å². The van der Waals surface area contributed by atoms with Crippen molar-refractivity contribution >= 4 is 47.2 Å². The van der Waals surface area contributed by atoms with E-state index in [0.29, 0.717) is 23.5 Å². The number of sulfonamides is 2. The maximum atomic E-state index is 12.7. The molecule has 1 aliphatic heterocycles. The molecule has 31 heavy (non-hydrogen) atoms. The monoisotopic (exact) mass is 480 g/mol. The van der Waals surface area contributed by atoms with E-state index in [0.717, 1.165) is 16.5 Å². The van der Waals surface area contributed by atoms with Crippen LogP contribution in [0.4, 0.5) is 5.69 Å². The quantitative estimate of drug-likeness (QED) is 0.564. The summed E-state index contributed by atoms with van der Waals surface area (Å²) in [6.45, 7) is 1.78. The molecule has 1 aromatic heterocycles. The predicted octanol–water partition coefficient (Wildman–Crippen LogP) is 3.02. The highest BCUT2D eigenvalue weighted by Gasteiger charge is 2.29. The second kappa shape index (κ2) is 8.18. The van der Waals surface area contributed by atoms with Crippen LogP contribution in [0, 0.1) is 0 Å². The summed E-state index contributed by atoms with van der Waals surface area (Å²) in [6, 6.07) is 15.4. The average Bonchev–Trinajstić information content (AvgIpc) is 3.18. The van der Waals surface area contributed by atoms with Crippen molar-refractivity contribution in [2.75, 3.05) is 23.1 Å². The lowest BCUT2D eigenvalue weighted by molar-refractivity contribution is 0.0666. The summed E-state index contributed by atoms with van der Waals surface area (Å²) in [5.41, 5.74) is -0.922. The zero-order valence-corrected chi connectivity index (χ0v) is 19.4. The molecule has 1 aliphatic rings. The van der Waals surface area contributed by atoms with Gasteiger partial charge in [-0.2, -0.15) is 0 Å². The first-order valence-electron chi connectivity index (χ1n) is 9.90. The van der Waals surface area contributed by atoms with Gasteiger partial charge in [0.2, 0.25) is 20.0 Å². The Bertz CT molecular complexity index is 1260. The van der Waals surface area contributed by atoms with Crippen LogP contribution in [0.1, 0.15) is 24.6 Å².